The highest BCUT2D eigenvalue weighted by molar-refractivity contribution is 9.11. The Morgan fingerprint density at radius 1 is 1.48 bits per heavy atom. The van der Waals surface area contributed by atoms with Crippen molar-refractivity contribution in [2.45, 2.75) is 6.54 Å². The third-order valence-electron chi connectivity index (χ3n) is 2.77. The second-order valence-electron chi connectivity index (χ2n) is 4.34. The number of carbonyl (C=O) groups excluding carboxylic acids is 1. The van der Waals surface area contributed by atoms with Gasteiger partial charge >= 0.3 is 0 Å². The minimum Gasteiger partial charge on any atom is -0.337 e. The van der Waals surface area contributed by atoms with Gasteiger partial charge in [-0.05, 0) is 45.1 Å². The Hall–Kier alpha value is -1.44. The van der Waals surface area contributed by atoms with Crippen LogP contribution in [0.4, 0.5) is 5.69 Å². The summed E-state index contributed by atoms with van der Waals surface area (Å²) in [5, 5.41) is 13.2. The zero-order valence-corrected chi connectivity index (χ0v) is 14.0. The summed E-state index contributed by atoms with van der Waals surface area (Å²) >= 11 is 10.7. The van der Waals surface area contributed by atoms with E-state index in [1.165, 1.54) is 34.4 Å². The van der Waals surface area contributed by atoms with Gasteiger partial charge in [-0.25, -0.2) is 0 Å². The summed E-state index contributed by atoms with van der Waals surface area (Å²) in [5.41, 5.74) is 0.694. The number of nitro groups is 1. The highest BCUT2D eigenvalue weighted by Gasteiger charge is 2.23. The smallest absolute Gasteiger partial charge is 0.282 e. The SMILES string of the molecule is CN(Cc1csc(Br)c1)C(=O)c1cc(Cl)ccc1[N+](=O)[O-]. The van der Waals surface area contributed by atoms with E-state index in [0.29, 0.717) is 6.54 Å². The lowest BCUT2D eigenvalue weighted by atomic mass is 10.1. The van der Waals surface area contributed by atoms with E-state index in [4.69, 9.17) is 11.6 Å². The number of carbonyl (C=O) groups is 1. The number of amides is 1. The quantitative estimate of drug-likeness (QED) is 0.577. The van der Waals surface area contributed by atoms with E-state index >= 15 is 0 Å². The summed E-state index contributed by atoms with van der Waals surface area (Å²) in [6, 6.07) is 5.86. The first-order valence-electron chi connectivity index (χ1n) is 5.81. The molecule has 0 atom stereocenters. The molecule has 1 amide bonds. The molecule has 0 fully saturated rings. The van der Waals surface area contributed by atoms with Gasteiger partial charge in [0.25, 0.3) is 11.6 Å². The van der Waals surface area contributed by atoms with Gasteiger partial charge in [-0.15, -0.1) is 11.3 Å². The molecule has 0 saturated carbocycles. The standard InChI is InChI=1S/C13H10BrClN2O3S/c1-16(6-8-4-12(14)21-7-8)13(18)10-5-9(15)2-3-11(10)17(19)20/h2-5,7H,6H2,1H3. The molecule has 1 aromatic carbocycles. The fraction of sp³-hybridized carbons (Fsp3) is 0.154. The van der Waals surface area contributed by atoms with Crippen molar-refractivity contribution in [3.05, 3.63) is 59.7 Å². The van der Waals surface area contributed by atoms with Crippen LogP contribution in [0.3, 0.4) is 0 Å². The fourth-order valence-corrected chi connectivity index (χ4v) is 3.19. The van der Waals surface area contributed by atoms with Gasteiger partial charge < -0.3 is 4.90 Å². The van der Waals surface area contributed by atoms with Crippen molar-refractivity contribution in [2.75, 3.05) is 7.05 Å². The van der Waals surface area contributed by atoms with Crippen LogP contribution < -0.4 is 0 Å². The Bertz CT molecular complexity index is 704. The van der Waals surface area contributed by atoms with Crippen LogP contribution in [-0.2, 0) is 6.54 Å². The molecule has 2 aromatic rings. The predicted molar refractivity (Wildman–Crippen MR) is 85.9 cm³/mol. The molecule has 0 aliphatic heterocycles. The maximum absolute atomic E-state index is 12.4. The molecule has 8 heteroatoms. The van der Waals surface area contributed by atoms with Crippen molar-refractivity contribution in [3.63, 3.8) is 0 Å². The number of halogens is 2. The van der Waals surface area contributed by atoms with Crippen LogP contribution in [0.1, 0.15) is 15.9 Å². The number of nitro benzene ring substituents is 1. The summed E-state index contributed by atoms with van der Waals surface area (Å²) in [7, 11) is 1.60. The molecular weight excluding hydrogens is 380 g/mol. The number of hydrogen-bond acceptors (Lipinski definition) is 4. The minimum atomic E-state index is -0.585. The van der Waals surface area contributed by atoms with Crippen molar-refractivity contribution in [1.82, 2.24) is 4.90 Å². The fourth-order valence-electron chi connectivity index (χ4n) is 1.82. The molecule has 0 N–H and O–H groups in total. The Morgan fingerprint density at radius 3 is 2.76 bits per heavy atom. The number of hydrogen-bond donors (Lipinski definition) is 0. The first kappa shape index (κ1) is 15.9. The molecule has 0 aliphatic rings. The molecule has 0 spiro atoms. The normalized spacial score (nSPS) is 10.4. The highest BCUT2D eigenvalue weighted by Crippen LogP contribution is 2.25. The van der Waals surface area contributed by atoms with Crippen LogP contribution >= 0.6 is 38.9 Å². The van der Waals surface area contributed by atoms with Crippen molar-refractivity contribution in [1.29, 1.82) is 0 Å². The van der Waals surface area contributed by atoms with Gasteiger partial charge in [0.15, 0.2) is 0 Å². The van der Waals surface area contributed by atoms with Crippen molar-refractivity contribution in [3.8, 4) is 0 Å². The first-order valence-corrected chi connectivity index (χ1v) is 7.86. The van der Waals surface area contributed by atoms with E-state index in [1.54, 1.807) is 7.05 Å². The van der Waals surface area contributed by atoms with Gasteiger partial charge in [0.05, 0.1) is 8.71 Å². The maximum Gasteiger partial charge on any atom is 0.282 e. The van der Waals surface area contributed by atoms with Crippen LogP contribution in [0.2, 0.25) is 5.02 Å². The Kier molecular flexibility index (Phi) is 4.97. The zero-order chi connectivity index (χ0) is 15.6. The number of nitrogens with zero attached hydrogens (tertiary/aromatic N) is 2. The number of rotatable bonds is 4. The summed E-state index contributed by atoms with van der Waals surface area (Å²) in [5.74, 6) is -0.438. The summed E-state index contributed by atoms with van der Waals surface area (Å²) in [4.78, 5) is 24.2. The molecule has 0 radical (unpaired) electrons. The second kappa shape index (κ2) is 6.55. The monoisotopic (exact) mass is 388 g/mol. The predicted octanol–water partition coefficient (Wildman–Crippen LogP) is 4.34. The van der Waals surface area contributed by atoms with Crippen LogP contribution in [0.15, 0.2) is 33.4 Å². The maximum atomic E-state index is 12.4. The third-order valence-corrected chi connectivity index (χ3v) is 4.56. The molecule has 5 nitrogen and oxygen atoms in total. The van der Waals surface area contributed by atoms with E-state index in [-0.39, 0.29) is 16.3 Å². The summed E-state index contributed by atoms with van der Waals surface area (Å²) in [6.07, 6.45) is 0. The summed E-state index contributed by atoms with van der Waals surface area (Å²) < 4.78 is 0.965. The Morgan fingerprint density at radius 2 is 2.19 bits per heavy atom. The molecule has 0 bridgehead atoms. The Balaban J connectivity index is 2.26. The van der Waals surface area contributed by atoms with E-state index in [2.05, 4.69) is 15.9 Å². The topological polar surface area (TPSA) is 63.5 Å². The molecule has 0 saturated heterocycles. The van der Waals surface area contributed by atoms with Gasteiger partial charge in [0, 0.05) is 24.7 Å². The van der Waals surface area contributed by atoms with E-state index in [0.717, 1.165) is 9.35 Å². The third kappa shape index (κ3) is 3.81. The molecule has 2 rings (SSSR count). The summed E-state index contributed by atoms with van der Waals surface area (Å²) in [6.45, 7) is 0.366. The minimum absolute atomic E-state index is 0.00991. The Labute approximate surface area is 138 Å². The van der Waals surface area contributed by atoms with Crippen LogP contribution in [-0.4, -0.2) is 22.8 Å². The van der Waals surface area contributed by atoms with Gasteiger partial charge in [0.2, 0.25) is 0 Å². The molecular formula is C13H10BrClN2O3S. The largest absolute Gasteiger partial charge is 0.337 e. The van der Waals surface area contributed by atoms with Crippen molar-refractivity contribution in [2.24, 2.45) is 0 Å². The average molecular weight is 390 g/mol. The van der Waals surface area contributed by atoms with Gasteiger partial charge in [-0.3, -0.25) is 14.9 Å². The van der Waals surface area contributed by atoms with Crippen LogP contribution in [0.5, 0.6) is 0 Å². The van der Waals surface area contributed by atoms with E-state index in [1.807, 2.05) is 11.4 Å². The van der Waals surface area contributed by atoms with Gasteiger partial charge in [-0.1, -0.05) is 11.6 Å². The molecule has 0 unspecified atom stereocenters. The lowest BCUT2D eigenvalue weighted by Crippen LogP contribution is -2.26. The molecule has 0 aliphatic carbocycles. The first-order chi connectivity index (χ1) is 9.88. The number of thiophene rings is 1. The average Bonchev–Trinajstić information content (AvgIpc) is 2.82. The van der Waals surface area contributed by atoms with Gasteiger partial charge in [0.1, 0.15) is 5.56 Å². The van der Waals surface area contributed by atoms with E-state index in [9.17, 15) is 14.9 Å². The van der Waals surface area contributed by atoms with Crippen molar-refractivity contribution >= 4 is 50.5 Å². The molecule has 1 heterocycles. The molecule has 110 valence electrons. The lowest BCUT2D eigenvalue weighted by Gasteiger charge is -2.16. The van der Waals surface area contributed by atoms with Gasteiger partial charge in [-0.2, -0.15) is 0 Å². The van der Waals surface area contributed by atoms with Crippen LogP contribution in [0, 0.1) is 10.1 Å². The highest BCUT2D eigenvalue weighted by atomic mass is 79.9. The molecule has 1 aromatic heterocycles. The zero-order valence-electron chi connectivity index (χ0n) is 10.9. The van der Waals surface area contributed by atoms with E-state index < -0.39 is 10.8 Å². The lowest BCUT2D eigenvalue weighted by molar-refractivity contribution is -0.385. The number of benzene rings is 1. The van der Waals surface area contributed by atoms with Crippen molar-refractivity contribution < 1.29 is 9.72 Å². The van der Waals surface area contributed by atoms with Crippen LogP contribution in [0.25, 0.3) is 0 Å². The second-order valence-corrected chi connectivity index (χ2v) is 7.07. The molecule has 21 heavy (non-hydrogen) atoms.